The van der Waals surface area contributed by atoms with Crippen molar-refractivity contribution in [2.75, 3.05) is 13.6 Å². The van der Waals surface area contributed by atoms with Gasteiger partial charge in [-0.1, -0.05) is 0 Å². The second-order valence-corrected chi connectivity index (χ2v) is 3.08. The van der Waals surface area contributed by atoms with Crippen molar-refractivity contribution in [3.05, 3.63) is 24.2 Å². The summed E-state index contributed by atoms with van der Waals surface area (Å²) in [6.45, 7) is 1.76. The fourth-order valence-electron chi connectivity index (χ4n) is 1.18. The van der Waals surface area contributed by atoms with Crippen molar-refractivity contribution < 1.29 is 4.42 Å². The van der Waals surface area contributed by atoms with E-state index >= 15 is 0 Å². The molecule has 0 aliphatic carbocycles. The molecule has 0 aromatic carbocycles. The van der Waals surface area contributed by atoms with Crippen LogP contribution in [0.25, 0.3) is 0 Å². The molecule has 0 N–H and O–H groups in total. The van der Waals surface area contributed by atoms with Crippen LogP contribution in [0.1, 0.15) is 18.6 Å². The van der Waals surface area contributed by atoms with Crippen molar-refractivity contribution in [3.63, 3.8) is 0 Å². The number of rotatable bonds is 5. The molecule has 13 heavy (non-hydrogen) atoms. The SMILES string of the molecule is CN(CCCC#N)Cc1ccco1. The predicted molar refractivity (Wildman–Crippen MR) is 49.9 cm³/mol. The van der Waals surface area contributed by atoms with Crippen LogP contribution < -0.4 is 0 Å². The first kappa shape index (κ1) is 9.82. The van der Waals surface area contributed by atoms with Gasteiger partial charge in [0.25, 0.3) is 0 Å². The van der Waals surface area contributed by atoms with Gasteiger partial charge < -0.3 is 4.42 Å². The van der Waals surface area contributed by atoms with Gasteiger partial charge >= 0.3 is 0 Å². The van der Waals surface area contributed by atoms with Gasteiger partial charge in [-0.3, -0.25) is 4.90 Å². The van der Waals surface area contributed by atoms with E-state index in [9.17, 15) is 0 Å². The van der Waals surface area contributed by atoms with Gasteiger partial charge in [0.1, 0.15) is 5.76 Å². The number of hydrogen-bond donors (Lipinski definition) is 0. The van der Waals surface area contributed by atoms with Crippen LogP contribution in [0.4, 0.5) is 0 Å². The fraction of sp³-hybridized carbons (Fsp3) is 0.500. The molecule has 0 saturated heterocycles. The highest BCUT2D eigenvalue weighted by molar-refractivity contribution is 4.97. The van der Waals surface area contributed by atoms with Crippen LogP contribution >= 0.6 is 0 Å². The molecule has 0 bridgehead atoms. The molecule has 3 heteroatoms. The first-order valence-corrected chi connectivity index (χ1v) is 4.41. The Kier molecular flexibility index (Phi) is 4.07. The van der Waals surface area contributed by atoms with Crippen molar-refractivity contribution in [2.45, 2.75) is 19.4 Å². The van der Waals surface area contributed by atoms with E-state index in [0.29, 0.717) is 6.42 Å². The minimum absolute atomic E-state index is 0.627. The van der Waals surface area contributed by atoms with Crippen molar-refractivity contribution in [1.29, 1.82) is 5.26 Å². The third-order valence-electron chi connectivity index (χ3n) is 1.83. The van der Waals surface area contributed by atoms with Crippen LogP contribution in [0.2, 0.25) is 0 Å². The molecule has 1 heterocycles. The summed E-state index contributed by atoms with van der Waals surface area (Å²) in [6, 6.07) is 5.98. The molecule has 70 valence electrons. The fourth-order valence-corrected chi connectivity index (χ4v) is 1.18. The summed E-state index contributed by atoms with van der Waals surface area (Å²) in [5.74, 6) is 0.972. The first-order valence-electron chi connectivity index (χ1n) is 4.41. The molecule has 0 radical (unpaired) electrons. The highest BCUT2D eigenvalue weighted by Gasteiger charge is 2.01. The zero-order valence-electron chi connectivity index (χ0n) is 7.86. The van der Waals surface area contributed by atoms with Crippen LogP contribution in [0.3, 0.4) is 0 Å². The maximum atomic E-state index is 8.35. The van der Waals surface area contributed by atoms with E-state index in [-0.39, 0.29) is 0 Å². The maximum Gasteiger partial charge on any atom is 0.117 e. The highest BCUT2D eigenvalue weighted by Crippen LogP contribution is 2.04. The lowest BCUT2D eigenvalue weighted by Crippen LogP contribution is -2.18. The van der Waals surface area contributed by atoms with Crippen molar-refractivity contribution in [2.24, 2.45) is 0 Å². The van der Waals surface area contributed by atoms with Crippen LogP contribution in [-0.2, 0) is 6.54 Å². The van der Waals surface area contributed by atoms with Crippen molar-refractivity contribution in [3.8, 4) is 6.07 Å². The molecule has 0 saturated carbocycles. The molecule has 0 amide bonds. The topological polar surface area (TPSA) is 40.2 Å². The van der Waals surface area contributed by atoms with Crippen molar-refractivity contribution >= 4 is 0 Å². The second kappa shape index (κ2) is 5.39. The molecule has 0 atom stereocenters. The zero-order chi connectivity index (χ0) is 9.52. The van der Waals surface area contributed by atoms with E-state index in [1.165, 1.54) is 0 Å². The molecular formula is C10H14N2O. The summed E-state index contributed by atoms with van der Waals surface area (Å²) in [6.07, 6.45) is 3.23. The molecule has 1 rings (SSSR count). The van der Waals surface area contributed by atoms with Crippen LogP contribution in [0, 0.1) is 11.3 Å². The Bertz CT molecular complexity index is 261. The quantitative estimate of drug-likeness (QED) is 0.647. The Morgan fingerprint density at radius 2 is 2.46 bits per heavy atom. The normalized spacial score (nSPS) is 10.2. The summed E-state index contributed by atoms with van der Waals surface area (Å²) >= 11 is 0. The number of nitrogens with zero attached hydrogens (tertiary/aromatic N) is 2. The van der Waals surface area contributed by atoms with E-state index < -0.39 is 0 Å². The molecule has 1 aromatic rings. The van der Waals surface area contributed by atoms with Gasteiger partial charge in [-0.25, -0.2) is 0 Å². The van der Waals surface area contributed by atoms with E-state index in [4.69, 9.17) is 9.68 Å². The Morgan fingerprint density at radius 1 is 1.62 bits per heavy atom. The van der Waals surface area contributed by atoms with Gasteiger partial charge in [-0.2, -0.15) is 5.26 Å². The zero-order valence-corrected chi connectivity index (χ0v) is 7.86. The van der Waals surface area contributed by atoms with E-state index in [1.54, 1.807) is 6.26 Å². The second-order valence-electron chi connectivity index (χ2n) is 3.08. The van der Waals surface area contributed by atoms with Gasteiger partial charge in [0.15, 0.2) is 0 Å². The largest absolute Gasteiger partial charge is 0.468 e. The molecular weight excluding hydrogens is 164 g/mol. The van der Waals surface area contributed by atoms with Crippen molar-refractivity contribution in [1.82, 2.24) is 4.90 Å². The average molecular weight is 178 g/mol. The molecule has 3 nitrogen and oxygen atoms in total. The van der Waals surface area contributed by atoms with Crippen LogP contribution in [0.15, 0.2) is 22.8 Å². The molecule has 0 unspecified atom stereocenters. The number of furan rings is 1. The summed E-state index contributed by atoms with van der Waals surface area (Å²) in [5.41, 5.74) is 0. The van der Waals surface area contributed by atoms with Gasteiger partial charge in [0.2, 0.25) is 0 Å². The van der Waals surface area contributed by atoms with Gasteiger partial charge in [0.05, 0.1) is 18.9 Å². The predicted octanol–water partition coefficient (Wildman–Crippen LogP) is 2.02. The highest BCUT2D eigenvalue weighted by atomic mass is 16.3. The van der Waals surface area contributed by atoms with Gasteiger partial charge in [-0.05, 0) is 32.1 Å². The minimum Gasteiger partial charge on any atom is -0.468 e. The average Bonchev–Trinajstić information content (AvgIpc) is 2.57. The summed E-state index contributed by atoms with van der Waals surface area (Å²) < 4.78 is 5.20. The van der Waals surface area contributed by atoms with E-state index in [2.05, 4.69) is 11.0 Å². The third-order valence-corrected chi connectivity index (χ3v) is 1.83. The lowest BCUT2D eigenvalue weighted by Gasteiger charge is -2.13. The Balaban J connectivity index is 2.19. The van der Waals surface area contributed by atoms with Crippen LogP contribution in [0.5, 0.6) is 0 Å². The smallest absolute Gasteiger partial charge is 0.117 e. The standard InChI is InChI=1S/C10H14N2O/c1-12(7-3-2-6-11)9-10-5-4-8-13-10/h4-5,8H,2-3,7,9H2,1H3. The lowest BCUT2D eigenvalue weighted by atomic mass is 10.3. The molecule has 0 aliphatic heterocycles. The van der Waals surface area contributed by atoms with Gasteiger partial charge in [-0.15, -0.1) is 0 Å². The van der Waals surface area contributed by atoms with Gasteiger partial charge in [0, 0.05) is 6.42 Å². The third kappa shape index (κ3) is 3.77. The van der Waals surface area contributed by atoms with Crippen LogP contribution in [-0.4, -0.2) is 18.5 Å². The summed E-state index contributed by atoms with van der Waals surface area (Å²) in [4.78, 5) is 2.15. The molecule has 0 spiro atoms. The number of nitriles is 1. The maximum absolute atomic E-state index is 8.35. The minimum atomic E-state index is 0.627. The first-order chi connectivity index (χ1) is 6.33. The van der Waals surface area contributed by atoms with E-state index in [1.807, 2.05) is 19.2 Å². The summed E-state index contributed by atoms with van der Waals surface area (Å²) in [5, 5.41) is 8.35. The Labute approximate surface area is 78.6 Å². The molecule has 1 aromatic heterocycles. The summed E-state index contributed by atoms with van der Waals surface area (Å²) in [7, 11) is 2.03. The monoisotopic (exact) mass is 178 g/mol. The lowest BCUT2D eigenvalue weighted by molar-refractivity contribution is 0.293. The number of hydrogen-bond acceptors (Lipinski definition) is 3. The molecule has 0 fully saturated rings. The Morgan fingerprint density at radius 3 is 3.08 bits per heavy atom. The van der Waals surface area contributed by atoms with E-state index in [0.717, 1.165) is 25.3 Å². The Hall–Kier alpha value is -1.27. The molecule has 0 aliphatic rings. The number of unbranched alkanes of at least 4 members (excludes halogenated alkanes) is 1.